The molecule has 1 heterocycles. The maximum atomic E-state index is 13.2. The van der Waals surface area contributed by atoms with Crippen LogP contribution in [0.25, 0.3) is 0 Å². The molecule has 0 bridgehead atoms. The van der Waals surface area contributed by atoms with E-state index in [1.54, 1.807) is 0 Å². The van der Waals surface area contributed by atoms with E-state index in [1.165, 1.54) is 12.1 Å². The zero-order valence-corrected chi connectivity index (χ0v) is 11.0. The van der Waals surface area contributed by atoms with Gasteiger partial charge in [-0.15, -0.1) is 0 Å². The lowest BCUT2D eigenvalue weighted by Gasteiger charge is -2.32. The fourth-order valence-electron chi connectivity index (χ4n) is 1.91. The number of rotatable bonds is 3. The lowest BCUT2D eigenvalue weighted by molar-refractivity contribution is -0.0605. The van der Waals surface area contributed by atoms with Gasteiger partial charge < -0.3 is 15.2 Å². The molecule has 1 aromatic rings. The molecule has 1 aliphatic heterocycles. The second kappa shape index (κ2) is 5.86. The number of amides is 1. The first kappa shape index (κ1) is 14.2. The van der Waals surface area contributed by atoms with E-state index >= 15 is 0 Å². The Morgan fingerprint density at radius 3 is 2.79 bits per heavy atom. The van der Waals surface area contributed by atoms with Gasteiger partial charge in [0.25, 0.3) is 5.91 Å². The van der Waals surface area contributed by atoms with Crippen molar-refractivity contribution in [2.45, 2.75) is 18.4 Å². The van der Waals surface area contributed by atoms with E-state index in [9.17, 15) is 14.3 Å². The Kier molecular flexibility index (Phi) is 4.39. The van der Waals surface area contributed by atoms with E-state index in [-0.39, 0.29) is 17.1 Å². The van der Waals surface area contributed by atoms with Gasteiger partial charge in [-0.3, -0.25) is 4.79 Å². The maximum absolute atomic E-state index is 13.2. The van der Waals surface area contributed by atoms with Gasteiger partial charge in [-0.05, 0) is 18.2 Å². The molecule has 1 fully saturated rings. The molecule has 0 saturated carbocycles. The fourth-order valence-corrected chi connectivity index (χ4v) is 2.03. The Labute approximate surface area is 115 Å². The van der Waals surface area contributed by atoms with E-state index in [4.69, 9.17) is 16.3 Å². The molecule has 1 aliphatic rings. The number of hydrogen-bond donors (Lipinski definition) is 2. The number of carbonyl (C=O) groups is 1. The first-order valence-corrected chi connectivity index (χ1v) is 6.41. The Balaban J connectivity index is 1.95. The van der Waals surface area contributed by atoms with Crippen molar-refractivity contribution in [2.75, 3.05) is 19.8 Å². The zero-order chi connectivity index (χ0) is 13.9. The molecule has 0 aromatic heterocycles. The lowest BCUT2D eigenvalue weighted by Crippen LogP contribution is -2.46. The van der Waals surface area contributed by atoms with Crippen LogP contribution < -0.4 is 5.32 Å². The predicted molar refractivity (Wildman–Crippen MR) is 68.7 cm³/mol. The van der Waals surface area contributed by atoms with Gasteiger partial charge in [-0.25, -0.2) is 4.39 Å². The van der Waals surface area contributed by atoms with Crippen molar-refractivity contribution in [2.24, 2.45) is 0 Å². The summed E-state index contributed by atoms with van der Waals surface area (Å²) in [5.74, 6) is -1.07. The van der Waals surface area contributed by atoms with E-state index < -0.39 is 17.3 Å². The summed E-state index contributed by atoms with van der Waals surface area (Å²) >= 11 is 5.55. The largest absolute Gasteiger partial charge is 0.388 e. The summed E-state index contributed by atoms with van der Waals surface area (Å²) in [5.41, 5.74) is -0.767. The number of aliphatic hydroxyl groups is 1. The normalized spacial score (nSPS) is 18.1. The average molecular weight is 288 g/mol. The van der Waals surface area contributed by atoms with Crippen molar-refractivity contribution in [1.29, 1.82) is 0 Å². The van der Waals surface area contributed by atoms with Crippen molar-refractivity contribution in [1.82, 2.24) is 5.32 Å². The van der Waals surface area contributed by atoms with Crippen LogP contribution >= 0.6 is 11.6 Å². The highest BCUT2D eigenvalue weighted by atomic mass is 35.5. The standard InChI is InChI=1S/C13H15ClFNO3/c14-10-2-1-9(7-11(10)15)12(17)16-8-13(18)3-5-19-6-4-13/h1-2,7,18H,3-6,8H2,(H,16,17). The van der Waals surface area contributed by atoms with Crippen LogP contribution in [0.4, 0.5) is 4.39 Å². The maximum Gasteiger partial charge on any atom is 0.251 e. The van der Waals surface area contributed by atoms with Gasteiger partial charge in [0.1, 0.15) is 5.82 Å². The first-order chi connectivity index (χ1) is 9.00. The highest BCUT2D eigenvalue weighted by Crippen LogP contribution is 2.20. The van der Waals surface area contributed by atoms with E-state index in [1.807, 2.05) is 0 Å². The highest BCUT2D eigenvalue weighted by Gasteiger charge is 2.30. The second-order valence-corrected chi connectivity index (χ2v) is 5.06. The van der Waals surface area contributed by atoms with E-state index in [2.05, 4.69) is 5.32 Å². The van der Waals surface area contributed by atoms with E-state index in [0.29, 0.717) is 26.1 Å². The van der Waals surface area contributed by atoms with Crippen molar-refractivity contribution in [3.05, 3.63) is 34.6 Å². The highest BCUT2D eigenvalue weighted by molar-refractivity contribution is 6.30. The molecule has 2 N–H and O–H groups in total. The van der Waals surface area contributed by atoms with Gasteiger partial charge in [0, 0.05) is 38.2 Å². The van der Waals surface area contributed by atoms with Crippen molar-refractivity contribution in [3.63, 3.8) is 0 Å². The summed E-state index contributed by atoms with van der Waals surface area (Å²) in [6, 6.07) is 3.84. The van der Waals surface area contributed by atoms with Crippen LogP contribution in [-0.4, -0.2) is 36.4 Å². The molecule has 1 amide bonds. The summed E-state index contributed by atoms with van der Waals surface area (Å²) in [5, 5.41) is 12.7. The summed E-state index contributed by atoms with van der Waals surface area (Å²) < 4.78 is 18.4. The lowest BCUT2D eigenvalue weighted by atomic mass is 9.94. The van der Waals surface area contributed by atoms with Gasteiger partial charge in [0.2, 0.25) is 0 Å². The third kappa shape index (κ3) is 3.65. The Hall–Kier alpha value is -1.17. The van der Waals surface area contributed by atoms with Crippen molar-refractivity contribution >= 4 is 17.5 Å². The second-order valence-electron chi connectivity index (χ2n) is 4.65. The Bertz CT molecular complexity index is 475. The van der Waals surface area contributed by atoms with Gasteiger partial charge in [-0.1, -0.05) is 11.6 Å². The molecule has 19 heavy (non-hydrogen) atoms. The SMILES string of the molecule is O=C(NCC1(O)CCOCC1)c1ccc(Cl)c(F)c1. The molecule has 6 heteroatoms. The van der Waals surface area contributed by atoms with E-state index in [0.717, 1.165) is 6.07 Å². The third-order valence-corrected chi connectivity index (χ3v) is 3.49. The van der Waals surface area contributed by atoms with Crippen molar-refractivity contribution in [3.8, 4) is 0 Å². The molecule has 104 valence electrons. The van der Waals surface area contributed by atoms with Crippen LogP contribution in [0, 0.1) is 5.82 Å². The van der Waals surface area contributed by atoms with Crippen LogP contribution in [-0.2, 0) is 4.74 Å². The van der Waals surface area contributed by atoms with Gasteiger partial charge in [0.15, 0.2) is 0 Å². The zero-order valence-electron chi connectivity index (χ0n) is 10.3. The van der Waals surface area contributed by atoms with Gasteiger partial charge >= 0.3 is 0 Å². The number of hydrogen-bond acceptors (Lipinski definition) is 3. The van der Waals surface area contributed by atoms with Crippen LogP contribution in [0.2, 0.25) is 5.02 Å². The smallest absolute Gasteiger partial charge is 0.251 e. The fraction of sp³-hybridized carbons (Fsp3) is 0.462. The summed E-state index contributed by atoms with van der Waals surface area (Å²) in [6.45, 7) is 1.07. The summed E-state index contributed by atoms with van der Waals surface area (Å²) in [7, 11) is 0. The monoisotopic (exact) mass is 287 g/mol. The Morgan fingerprint density at radius 1 is 1.47 bits per heavy atom. The number of carbonyl (C=O) groups excluding carboxylic acids is 1. The first-order valence-electron chi connectivity index (χ1n) is 6.04. The molecule has 0 unspecified atom stereocenters. The molecule has 0 atom stereocenters. The number of halogens is 2. The number of ether oxygens (including phenoxy) is 1. The number of benzene rings is 1. The Morgan fingerprint density at radius 2 is 2.16 bits per heavy atom. The molecule has 1 saturated heterocycles. The molecular formula is C13H15ClFNO3. The summed E-state index contributed by atoms with van der Waals surface area (Å²) in [4.78, 5) is 11.8. The summed E-state index contributed by atoms with van der Waals surface area (Å²) in [6.07, 6.45) is 0.949. The average Bonchev–Trinajstić information content (AvgIpc) is 2.40. The topological polar surface area (TPSA) is 58.6 Å². The van der Waals surface area contributed by atoms with Crippen LogP contribution in [0.5, 0.6) is 0 Å². The van der Waals surface area contributed by atoms with Gasteiger partial charge in [0.05, 0.1) is 10.6 Å². The molecular weight excluding hydrogens is 273 g/mol. The molecule has 2 rings (SSSR count). The quantitative estimate of drug-likeness (QED) is 0.890. The molecule has 0 spiro atoms. The minimum Gasteiger partial charge on any atom is -0.388 e. The van der Waals surface area contributed by atoms with Crippen LogP contribution in [0.15, 0.2) is 18.2 Å². The van der Waals surface area contributed by atoms with Gasteiger partial charge in [-0.2, -0.15) is 0 Å². The molecule has 0 aliphatic carbocycles. The minimum absolute atomic E-state index is 0.0281. The van der Waals surface area contributed by atoms with Crippen LogP contribution in [0.1, 0.15) is 23.2 Å². The molecule has 0 radical (unpaired) electrons. The van der Waals surface area contributed by atoms with Crippen LogP contribution in [0.3, 0.4) is 0 Å². The number of nitrogens with one attached hydrogen (secondary N) is 1. The van der Waals surface area contributed by atoms with Crippen molar-refractivity contribution < 1.29 is 19.0 Å². The minimum atomic E-state index is -0.946. The molecule has 4 nitrogen and oxygen atoms in total. The predicted octanol–water partition coefficient (Wildman–Crippen LogP) is 1.75. The molecule has 1 aromatic carbocycles. The third-order valence-electron chi connectivity index (χ3n) is 3.18.